The average Bonchev–Trinajstić information content (AvgIpc) is 2.79. The highest BCUT2D eigenvalue weighted by molar-refractivity contribution is 5.90. The summed E-state index contributed by atoms with van der Waals surface area (Å²) in [5.41, 5.74) is 3.17. The van der Waals surface area contributed by atoms with Crippen LogP contribution in [0.2, 0.25) is 0 Å². The lowest BCUT2D eigenvalue weighted by Crippen LogP contribution is -2.29. The molecule has 0 fully saturated rings. The molecule has 4 nitrogen and oxygen atoms in total. The monoisotopic (exact) mass is 288 g/mol. The molecule has 1 N–H and O–H groups in total. The first-order valence-electron chi connectivity index (χ1n) is 7.46. The molecule has 0 aliphatic heterocycles. The molecule has 1 aromatic heterocycles. The van der Waals surface area contributed by atoms with Crippen LogP contribution in [-0.2, 0) is 11.2 Å². The number of likely N-dealkylation sites (N-methyl/N-ethyl adjacent to an activating group) is 1. The van der Waals surface area contributed by atoms with Gasteiger partial charge in [0.2, 0.25) is 5.91 Å². The number of unbranched alkanes of at least 4 members (excludes halogenated alkanes) is 1. The average molecular weight is 288 g/mol. The zero-order chi connectivity index (χ0) is 15.4. The molecule has 0 unspecified atom stereocenters. The first-order valence-corrected chi connectivity index (χ1v) is 7.46. The number of fused-ring (bicyclic) bond motifs is 1. The number of carbonyl (C=O) groups excluding carboxylic acids is 1. The predicted octanol–water partition coefficient (Wildman–Crippen LogP) is 3.29. The number of ether oxygens (including phenoxy) is 1. The molecule has 0 bridgehead atoms. The van der Waals surface area contributed by atoms with E-state index in [1.54, 1.807) is 7.11 Å². The van der Waals surface area contributed by atoms with Crippen LogP contribution in [0.15, 0.2) is 18.2 Å². The number of aryl methyl sites for hydroxylation is 1. The van der Waals surface area contributed by atoms with Crippen molar-refractivity contribution < 1.29 is 9.53 Å². The van der Waals surface area contributed by atoms with Crippen LogP contribution in [0.25, 0.3) is 10.9 Å². The maximum Gasteiger partial charge on any atom is 0.226 e. The van der Waals surface area contributed by atoms with Crippen molar-refractivity contribution in [1.29, 1.82) is 0 Å². The largest absolute Gasteiger partial charge is 0.497 e. The van der Waals surface area contributed by atoms with Gasteiger partial charge < -0.3 is 14.6 Å². The number of methoxy groups -OCH3 is 1. The Morgan fingerprint density at radius 2 is 2.14 bits per heavy atom. The van der Waals surface area contributed by atoms with Crippen LogP contribution in [0.4, 0.5) is 0 Å². The lowest BCUT2D eigenvalue weighted by Gasteiger charge is -2.16. The van der Waals surface area contributed by atoms with Gasteiger partial charge in [0.25, 0.3) is 0 Å². The summed E-state index contributed by atoms with van der Waals surface area (Å²) < 4.78 is 5.28. The fourth-order valence-electron chi connectivity index (χ4n) is 2.52. The second-order valence-corrected chi connectivity index (χ2v) is 5.49. The van der Waals surface area contributed by atoms with E-state index < -0.39 is 0 Å². The number of carbonyl (C=O) groups is 1. The second-order valence-electron chi connectivity index (χ2n) is 5.49. The van der Waals surface area contributed by atoms with Crippen molar-refractivity contribution in [2.45, 2.75) is 33.1 Å². The molecule has 0 saturated heterocycles. The van der Waals surface area contributed by atoms with Crippen LogP contribution in [-0.4, -0.2) is 36.5 Å². The molecule has 0 radical (unpaired) electrons. The Balaban J connectivity index is 2.24. The van der Waals surface area contributed by atoms with E-state index in [1.807, 2.05) is 37.1 Å². The zero-order valence-electron chi connectivity index (χ0n) is 13.3. The predicted molar refractivity (Wildman–Crippen MR) is 85.8 cm³/mol. The highest BCUT2D eigenvalue weighted by Gasteiger charge is 2.15. The maximum absolute atomic E-state index is 12.3. The van der Waals surface area contributed by atoms with Gasteiger partial charge in [0, 0.05) is 30.2 Å². The summed E-state index contributed by atoms with van der Waals surface area (Å²) in [6.07, 6.45) is 2.57. The first-order chi connectivity index (χ1) is 10.1. The minimum atomic E-state index is 0.162. The molecule has 0 saturated carbocycles. The Bertz CT molecular complexity index is 631. The minimum absolute atomic E-state index is 0.162. The molecule has 2 rings (SSSR count). The minimum Gasteiger partial charge on any atom is -0.497 e. The SMILES string of the molecule is CCCCN(C)C(=O)Cc1c(C)[nH]c2ccc(OC)cc12. The van der Waals surface area contributed by atoms with Gasteiger partial charge in [0.1, 0.15) is 5.75 Å². The normalized spacial score (nSPS) is 10.9. The third-order valence-electron chi connectivity index (χ3n) is 3.93. The van der Waals surface area contributed by atoms with Crippen LogP contribution in [0.1, 0.15) is 31.0 Å². The lowest BCUT2D eigenvalue weighted by molar-refractivity contribution is -0.129. The highest BCUT2D eigenvalue weighted by Crippen LogP contribution is 2.27. The van der Waals surface area contributed by atoms with E-state index in [-0.39, 0.29) is 5.91 Å². The van der Waals surface area contributed by atoms with Gasteiger partial charge in [0.15, 0.2) is 0 Å². The van der Waals surface area contributed by atoms with Crippen molar-refractivity contribution in [3.63, 3.8) is 0 Å². The van der Waals surface area contributed by atoms with Gasteiger partial charge in [-0.25, -0.2) is 0 Å². The Morgan fingerprint density at radius 1 is 1.38 bits per heavy atom. The molecule has 21 heavy (non-hydrogen) atoms. The molecule has 1 aromatic carbocycles. The smallest absolute Gasteiger partial charge is 0.226 e. The molecule has 2 aromatic rings. The second kappa shape index (κ2) is 6.66. The number of amides is 1. The summed E-state index contributed by atoms with van der Waals surface area (Å²) >= 11 is 0. The van der Waals surface area contributed by atoms with Gasteiger partial charge in [-0.05, 0) is 37.1 Å². The number of hydrogen-bond acceptors (Lipinski definition) is 2. The lowest BCUT2D eigenvalue weighted by atomic mass is 10.1. The standard InChI is InChI=1S/C17H24N2O2/c1-5-6-9-19(3)17(20)11-14-12(2)18-16-8-7-13(21-4)10-15(14)16/h7-8,10,18H,5-6,9,11H2,1-4H3. The van der Waals surface area contributed by atoms with Crippen LogP contribution in [0.3, 0.4) is 0 Å². The molecular weight excluding hydrogens is 264 g/mol. The van der Waals surface area contributed by atoms with E-state index in [0.717, 1.165) is 47.3 Å². The van der Waals surface area contributed by atoms with E-state index in [0.29, 0.717) is 6.42 Å². The van der Waals surface area contributed by atoms with Crippen molar-refractivity contribution >= 4 is 16.8 Å². The van der Waals surface area contributed by atoms with Gasteiger partial charge >= 0.3 is 0 Å². The fraction of sp³-hybridized carbons (Fsp3) is 0.471. The summed E-state index contributed by atoms with van der Waals surface area (Å²) in [7, 11) is 3.53. The summed E-state index contributed by atoms with van der Waals surface area (Å²) in [5, 5.41) is 1.07. The van der Waals surface area contributed by atoms with E-state index in [1.165, 1.54) is 0 Å². The summed E-state index contributed by atoms with van der Waals surface area (Å²) in [5.74, 6) is 0.977. The Kier molecular flexibility index (Phi) is 4.89. The molecule has 0 atom stereocenters. The van der Waals surface area contributed by atoms with Crippen molar-refractivity contribution in [3.8, 4) is 5.75 Å². The highest BCUT2D eigenvalue weighted by atomic mass is 16.5. The number of hydrogen-bond donors (Lipinski definition) is 1. The van der Waals surface area contributed by atoms with Crippen molar-refractivity contribution in [1.82, 2.24) is 9.88 Å². The van der Waals surface area contributed by atoms with Gasteiger partial charge in [0.05, 0.1) is 13.5 Å². The zero-order valence-corrected chi connectivity index (χ0v) is 13.3. The maximum atomic E-state index is 12.3. The Hall–Kier alpha value is -1.97. The number of rotatable bonds is 6. The molecule has 1 heterocycles. The number of H-pyrrole nitrogens is 1. The van der Waals surface area contributed by atoms with Crippen molar-refractivity contribution in [3.05, 3.63) is 29.5 Å². The van der Waals surface area contributed by atoms with E-state index in [9.17, 15) is 4.79 Å². The number of nitrogens with one attached hydrogen (secondary N) is 1. The fourth-order valence-corrected chi connectivity index (χ4v) is 2.52. The third kappa shape index (κ3) is 3.38. The van der Waals surface area contributed by atoms with E-state index in [2.05, 4.69) is 11.9 Å². The molecule has 1 amide bonds. The molecule has 0 aliphatic carbocycles. The van der Waals surface area contributed by atoms with Crippen molar-refractivity contribution in [2.24, 2.45) is 0 Å². The number of aromatic amines is 1. The summed E-state index contributed by atoms with van der Waals surface area (Å²) in [6.45, 7) is 4.97. The molecule has 0 spiro atoms. The van der Waals surface area contributed by atoms with E-state index in [4.69, 9.17) is 4.74 Å². The topological polar surface area (TPSA) is 45.3 Å². The number of nitrogens with zero attached hydrogens (tertiary/aromatic N) is 1. The number of benzene rings is 1. The molecule has 114 valence electrons. The molecular formula is C17H24N2O2. The van der Waals surface area contributed by atoms with Crippen LogP contribution in [0, 0.1) is 6.92 Å². The van der Waals surface area contributed by atoms with Crippen LogP contribution >= 0.6 is 0 Å². The number of aromatic nitrogens is 1. The quantitative estimate of drug-likeness (QED) is 0.886. The Morgan fingerprint density at radius 3 is 2.81 bits per heavy atom. The van der Waals surface area contributed by atoms with Gasteiger partial charge in [-0.2, -0.15) is 0 Å². The van der Waals surface area contributed by atoms with E-state index >= 15 is 0 Å². The van der Waals surface area contributed by atoms with Crippen molar-refractivity contribution in [2.75, 3.05) is 20.7 Å². The van der Waals surface area contributed by atoms with Gasteiger partial charge in [-0.1, -0.05) is 13.3 Å². The van der Waals surface area contributed by atoms with Gasteiger partial charge in [-0.15, -0.1) is 0 Å². The first kappa shape index (κ1) is 15.4. The third-order valence-corrected chi connectivity index (χ3v) is 3.93. The van der Waals surface area contributed by atoms with Crippen LogP contribution < -0.4 is 4.74 Å². The van der Waals surface area contributed by atoms with Gasteiger partial charge in [-0.3, -0.25) is 4.79 Å². The summed E-state index contributed by atoms with van der Waals surface area (Å²) in [4.78, 5) is 17.5. The molecule has 0 aliphatic rings. The molecule has 4 heteroatoms. The van der Waals surface area contributed by atoms with Crippen LogP contribution in [0.5, 0.6) is 5.75 Å². The summed E-state index contributed by atoms with van der Waals surface area (Å²) in [6, 6.07) is 5.92. The Labute approximate surface area is 126 Å².